The van der Waals surface area contributed by atoms with Crippen LogP contribution in [0.15, 0.2) is 47.6 Å². The number of carbonyl (C=O) groups excluding carboxylic acids is 1. The van der Waals surface area contributed by atoms with Gasteiger partial charge in [0.25, 0.3) is 0 Å². The van der Waals surface area contributed by atoms with Crippen molar-refractivity contribution in [1.82, 2.24) is 14.8 Å². The highest BCUT2D eigenvalue weighted by atomic mass is 35.5. The fourth-order valence-electron chi connectivity index (χ4n) is 2.54. The van der Waals surface area contributed by atoms with Crippen LogP contribution in [0.5, 0.6) is 0 Å². The van der Waals surface area contributed by atoms with Gasteiger partial charge in [-0.15, -0.1) is 10.2 Å². The van der Waals surface area contributed by atoms with E-state index < -0.39 is 0 Å². The lowest BCUT2D eigenvalue weighted by atomic mass is 10.2. The zero-order valence-corrected chi connectivity index (χ0v) is 17.9. The van der Waals surface area contributed by atoms with Gasteiger partial charge in [0, 0.05) is 32.4 Å². The van der Waals surface area contributed by atoms with Crippen molar-refractivity contribution in [2.24, 2.45) is 7.05 Å². The third-order valence-corrected chi connectivity index (χ3v) is 5.67. The number of aromatic nitrogens is 3. The van der Waals surface area contributed by atoms with Crippen molar-refractivity contribution >= 4 is 52.2 Å². The molecule has 6 nitrogen and oxygen atoms in total. The summed E-state index contributed by atoms with van der Waals surface area (Å²) in [7, 11) is 5.85. The van der Waals surface area contributed by atoms with Gasteiger partial charge in [0.15, 0.2) is 11.0 Å². The molecule has 0 spiro atoms. The molecular weight excluding hydrogens is 417 g/mol. The Labute approximate surface area is 177 Å². The van der Waals surface area contributed by atoms with Crippen molar-refractivity contribution in [3.8, 4) is 11.4 Å². The van der Waals surface area contributed by atoms with E-state index in [2.05, 4.69) is 15.5 Å². The van der Waals surface area contributed by atoms with Gasteiger partial charge in [-0.25, -0.2) is 0 Å². The van der Waals surface area contributed by atoms with Gasteiger partial charge in [-0.3, -0.25) is 4.79 Å². The molecule has 0 atom stereocenters. The molecule has 2 aromatic carbocycles. The van der Waals surface area contributed by atoms with Gasteiger partial charge in [-0.2, -0.15) is 0 Å². The van der Waals surface area contributed by atoms with Crippen LogP contribution in [-0.4, -0.2) is 40.5 Å². The van der Waals surface area contributed by atoms with Gasteiger partial charge < -0.3 is 14.8 Å². The SMILES string of the molecule is CN(C)c1cccc(-c2nnc(SCC(=O)Nc3c(Cl)cccc3Cl)n2C)c1. The highest BCUT2D eigenvalue weighted by Crippen LogP contribution is 2.30. The molecular formula is C19H19Cl2N5OS. The molecule has 0 saturated carbocycles. The first-order chi connectivity index (χ1) is 13.4. The minimum Gasteiger partial charge on any atom is -0.378 e. The van der Waals surface area contributed by atoms with Crippen LogP contribution in [0.2, 0.25) is 10.0 Å². The fourth-order valence-corrected chi connectivity index (χ4v) is 3.74. The molecule has 0 unspecified atom stereocenters. The van der Waals surface area contributed by atoms with Crippen LogP contribution >= 0.6 is 35.0 Å². The summed E-state index contributed by atoms with van der Waals surface area (Å²) in [5.74, 6) is 0.672. The van der Waals surface area contributed by atoms with E-state index in [4.69, 9.17) is 23.2 Å². The molecule has 0 saturated heterocycles. The molecule has 0 aliphatic carbocycles. The highest BCUT2D eigenvalue weighted by molar-refractivity contribution is 7.99. The third kappa shape index (κ3) is 4.60. The molecule has 28 heavy (non-hydrogen) atoms. The van der Waals surface area contributed by atoms with E-state index in [9.17, 15) is 4.79 Å². The Kier molecular flexibility index (Phi) is 6.49. The van der Waals surface area contributed by atoms with Gasteiger partial charge in [0.2, 0.25) is 5.91 Å². The van der Waals surface area contributed by atoms with E-state index in [1.807, 2.05) is 54.9 Å². The average molecular weight is 436 g/mol. The number of nitrogens with zero attached hydrogens (tertiary/aromatic N) is 4. The van der Waals surface area contributed by atoms with Crippen LogP contribution in [-0.2, 0) is 11.8 Å². The van der Waals surface area contributed by atoms with Crippen LogP contribution in [0.4, 0.5) is 11.4 Å². The van der Waals surface area contributed by atoms with Crippen molar-refractivity contribution in [2.45, 2.75) is 5.16 Å². The van der Waals surface area contributed by atoms with E-state index in [-0.39, 0.29) is 11.7 Å². The Morgan fingerprint density at radius 2 is 1.82 bits per heavy atom. The molecule has 146 valence electrons. The van der Waals surface area contributed by atoms with Crippen molar-refractivity contribution in [3.05, 3.63) is 52.5 Å². The molecule has 0 bridgehead atoms. The second kappa shape index (κ2) is 8.86. The lowest BCUT2D eigenvalue weighted by molar-refractivity contribution is -0.113. The minimum absolute atomic E-state index is 0.158. The lowest BCUT2D eigenvalue weighted by Gasteiger charge is -2.13. The quantitative estimate of drug-likeness (QED) is 0.573. The van der Waals surface area contributed by atoms with E-state index >= 15 is 0 Å². The standard InChI is InChI=1S/C19H19Cl2N5OS/c1-25(2)13-7-4-6-12(10-13)18-23-24-19(26(18)3)28-11-16(27)22-17-14(20)8-5-9-15(17)21/h4-10H,11H2,1-3H3,(H,22,27). The van der Waals surface area contributed by atoms with Gasteiger partial charge in [0.1, 0.15) is 0 Å². The molecule has 1 heterocycles. The van der Waals surface area contributed by atoms with Gasteiger partial charge >= 0.3 is 0 Å². The maximum atomic E-state index is 12.3. The smallest absolute Gasteiger partial charge is 0.234 e. The van der Waals surface area contributed by atoms with Crippen LogP contribution in [0, 0.1) is 0 Å². The predicted octanol–water partition coefficient (Wildman–Crippen LogP) is 4.59. The van der Waals surface area contributed by atoms with Crippen LogP contribution in [0.1, 0.15) is 0 Å². The lowest BCUT2D eigenvalue weighted by Crippen LogP contribution is -2.15. The summed E-state index contributed by atoms with van der Waals surface area (Å²) in [5, 5.41) is 12.7. The number of amides is 1. The molecule has 3 aromatic rings. The molecule has 9 heteroatoms. The second-order valence-corrected chi connectivity index (χ2v) is 8.00. The van der Waals surface area contributed by atoms with Gasteiger partial charge in [0.05, 0.1) is 21.5 Å². The van der Waals surface area contributed by atoms with E-state index in [0.29, 0.717) is 20.9 Å². The van der Waals surface area contributed by atoms with Crippen LogP contribution in [0.25, 0.3) is 11.4 Å². The monoisotopic (exact) mass is 435 g/mol. The number of carbonyl (C=O) groups is 1. The Morgan fingerprint density at radius 3 is 2.50 bits per heavy atom. The summed E-state index contributed by atoms with van der Waals surface area (Å²) >= 11 is 13.5. The summed E-state index contributed by atoms with van der Waals surface area (Å²) in [4.78, 5) is 14.3. The normalized spacial score (nSPS) is 10.8. The first kappa shape index (κ1) is 20.5. The largest absolute Gasteiger partial charge is 0.378 e. The highest BCUT2D eigenvalue weighted by Gasteiger charge is 2.15. The maximum Gasteiger partial charge on any atom is 0.234 e. The number of hydrogen-bond donors (Lipinski definition) is 1. The van der Waals surface area contributed by atoms with Crippen molar-refractivity contribution in [3.63, 3.8) is 0 Å². The Balaban J connectivity index is 1.69. The molecule has 1 N–H and O–H groups in total. The van der Waals surface area contributed by atoms with Gasteiger partial charge in [-0.05, 0) is 24.3 Å². The molecule has 0 radical (unpaired) electrons. The van der Waals surface area contributed by atoms with E-state index in [1.165, 1.54) is 11.8 Å². The molecule has 1 amide bonds. The topological polar surface area (TPSA) is 63.1 Å². The maximum absolute atomic E-state index is 12.3. The van der Waals surface area contributed by atoms with Crippen molar-refractivity contribution < 1.29 is 4.79 Å². The average Bonchev–Trinajstić information content (AvgIpc) is 3.04. The zero-order chi connectivity index (χ0) is 20.3. The zero-order valence-electron chi connectivity index (χ0n) is 15.6. The third-order valence-electron chi connectivity index (χ3n) is 4.02. The Hall–Kier alpha value is -2.22. The minimum atomic E-state index is -0.223. The van der Waals surface area contributed by atoms with E-state index in [1.54, 1.807) is 18.2 Å². The molecule has 0 aliphatic rings. The molecule has 3 rings (SSSR count). The van der Waals surface area contributed by atoms with Crippen LogP contribution < -0.4 is 10.2 Å². The number of hydrogen-bond acceptors (Lipinski definition) is 5. The van der Waals surface area contributed by atoms with Crippen molar-refractivity contribution in [2.75, 3.05) is 30.1 Å². The summed E-state index contributed by atoms with van der Waals surface area (Å²) < 4.78 is 1.87. The number of thioether (sulfide) groups is 1. The van der Waals surface area contributed by atoms with Crippen LogP contribution in [0.3, 0.4) is 0 Å². The first-order valence-corrected chi connectivity index (χ1v) is 10.1. The second-order valence-electron chi connectivity index (χ2n) is 6.24. The summed E-state index contributed by atoms with van der Waals surface area (Å²) in [5.41, 5.74) is 2.45. The van der Waals surface area contributed by atoms with E-state index in [0.717, 1.165) is 17.1 Å². The summed E-state index contributed by atoms with van der Waals surface area (Å²) in [6.07, 6.45) is 0. The molecule has 0 aliphatic heterocycles. The summed E-state index contributed by atoms with van der Waals surface area (Å²) in [6.45, 7) is 0. The predicted molar refractivity (Wildman–Crippen MR) is 117 cm³/mol. The summed E-state index contributed by atoms with van der Waals surface area (Å²) in [6, 6.07) is 13.1. The number of para-hydroxylation sites is 1. The first-order valence-electron chi connectivity index (χ1n) is 8.40. The molecule has 0 fully saturated rings. The fraction of sp³-hybridized carbons (Fsp3) is 0.211. The van der Waals surface area contributed by atoms with Gasteiger partial charge in [-0.1, -0.05) is 53.2 Å². The number of benzene rings is 2. The molecule has 1 aromatic heterocycles. The Morgan fingerprint density at radius 1 is 1.14 bits per heavy atom. The number of anilines is 2. The number of nitrogens with one attached hydrogen (secondary N) is 1. The Bertz CT molecular complexity index is 985. The van der Waals surface area contributed by atoms with Crippen molar-refractivity contribution in [1.29, 1.82) is 0 Å². The number of halogens is 2. The number of rotatable bonds is 6.